The Hall–Kier alpha value is -0.380. The van der Waals surface area contributed by atoms with Crippen molar-refractivity contribution in [2.75, 3.05) is 26.4 Å². The highest BCUT2D eigenvalue weighted by atomic mass is 16.5. The summed E-state index contributed by atoms with van der Waals surface area (Å²) in [6.07, 6.45) is 5.32. The van der Waals surface area contributed by atoms with E-state index in [2.05, 4.69) is 32.7 Å². The van der Waals surface area contributed by atoms with E-state index in [1.54, 1.807) is 0 Å². The lowest BCUT2D eigenvalue weighted by atomic mass is 9.82. The first-order valence-electron chi connectivity index (χ1n) is 7.74. The standard InChI is InChI=1S/C16H31NO2/c1-5-11-17-15(8-7-14(3)4)16(19-6-2)9-12-18-13-10-16/h15,17H,3,5-13H2,1-2,4H3. The van der Waals surface area contributed by atoms with Crippen LogP contribution in [0.2, 0.25) is 0 Å². The van der Waals surface area contributed by atoms with Crippen LogP contribution in [0.4, 0.5) is 0 Å². The Morgan fingerprint density at radius 3 is 2.58 bits per heavy atom. The first-order chi connectivity index (χ1) is 9.14. The molecule has 1 aliphatic heterocycles. The quantitative estimate of drug-likeness (QED) is 0.652. The molecule has 1 unspecified atom stereocenters. The largest absolute Gasteiger partial charge is 0.381 e. The van der Waals surface area contributed by atoms with Crippen molar-refractivity contribution in [2.24, 2.45) is 0 Å². The molecule has 3 nitrogen and oxygen atoms in total. The van der Waals surface area contributed by atoms with Crippen LogP contribution in [-0.2, 0) is 9.47 Å². The fourth-order valence-electron chi connectivity index (χ4n) is 2.86. The fourth-order valence-corrected chi connectivity index (χ4v) is 2.86. The van der Waals surface area contributed by atoms with Crippen LogP contribution in [0.5, 0.6) is 0 Å². The highest BCUT2D eigenvalue weighted by Gasteiger charge is 2.40. The van der Waals surface area contributed by atoms with E-state index in [4.69, 9.17) is 9.47 Å². The molecular formula is C16H31NO2. The Balaban J connectivity index is 2.72. The van der Waals surface area contributed by atoms with Crippen LogP contribution in [0.15, 0.2) is 12.2 Å². The minimum atomic E-state index is -0.0440. The topological polar surface area (TPSA) is 30.5 Å². The molecule has 1 fully saturated rings. The fraction of sp³-hybridized carbons (Fsp3) is 0.875. The lowest BCUT2D eigenvalue weighted by Crippen LogP contribution is -2.55. The first-order valence-corrected chi connectivity index (χ1v) is 7.74. The third-order valence-corrected chi connectivity index (χ3v) is 3.91. The third kappa shape index (κ3) is 5.25. The van der Waals surface area contributed by atoms with Crippen molar-refractivity contribution >= 4 is 0 Å². The van der Waals surface area contributed by atoms with E-state index < -0.39 is 0 Å². The smallest absolute Gasteiger partial charge is 0.0878 e. The van der Waals surface area contributed by atoms with E-state index in [9.17, 15) is 0 Å². The Morgan fingerprint density at radius 1 is 1.37 bits per heavy atom. The molecule has 0 amide bonds. The molecule has 0 aliphatic carbocycles. The van der Waals surface area contributed by atoms with E-state index in [1.807, 2.05) is 0 Å². The first kappa shape index (κ1) is 16.7. The van der Waals surface area contributed by atoms with Gasteiger partial charge in [-0.15, -0.1) is 6.58 Å². The molecule has 0 aromatic carbocycles. The van der Waals surface area contributed by atoms with Crippen LogP contribution >= 0.6 is 0 Å². The summed E-state index contributed by atoms with van der Waals surface area (Å²) in [6, 6.07) is 0.410. The number of hydrogen-bond donors (Lipinski definition) is 1. The molecule has 3 heteroatoms. The van der Waals surface area contributed by atoms with E-state index in [0.29, 0.717) is 6.04 Å². The lowest BCUT2D eigenvalue weighted by molar-refractivity contribution is -0.127. The van der Waals surface area contributed by atoms with Crippen molar-refractivity contribution in [3.8, 4) is 0 Å². The SMILES string of the molecule is C=C(C)CCC(NCCC)C1(OCC)CCOCC1. The summed E-state index contributed by atoms with van der Waals surface area (Å²) in [4.78, 5) is 0. The van der Waals surface area contributed by atoms with Crippen molar-refractivity contribution in [3.05, 3.63) is 12.2 Å². The van der Waals surface area contributed by atoms with E-state index >= 15 is 0 Å². The minimum absolute atomic E-state index is 0.0440. The molecule has 1 aliphatic rings. The van der Waals surface area contributed by atoms with Gasteiger partial charge in [0.2, 0.25) is 0 Å². The molecule has 1 saturated heterocycles. The van der Waals surface area contributed by atoms with Crippen LogP contribution in [0.3, 0.4) is 0 Å². The second-order valence-electron chi connectivity index (χ2n) is 5.61. The van der Waals surface area contributed by atoms with Crippen molar-refractivity contribution in [1.82, 2.24) is 5.32 Å². The molecule has 19 heavy (non-hydrogen) atoms. The molecule has 1 atom stereocenters. The van der Waals surface area contributed by atoms with Gasteiger partial charge in [-0.25, -0.2) is 0 Å². The van der Waals surface area contributed by atoms with Crippen LogP contribution < -0.4 is 5.32 Å². The number of rotatable bonds is 9. The van der Waals surface area contributed by atoms with Gasteiger partial charge in [0.1, 0.15) is 0 Å². The summed E-state index contributed by atoms with van der Waals surface area (Å²) in [7, 11) is 0. The van der Waals surface area contributed by atoms with Crippen molar-refractivity contribution < 1.29 is 9.47 Å². The van der Waals surface area contributed by atoms with Gasteiger partial charge in [0.25, 0.3) is 0 Å². The Bertz CT molecular complexity index is 254. The third-order valence-electron chi connectivity index (χ3n) is 3.91. The lowest BCUT2D eigenvalue weighted by Gasteiger charge is -2.43. The molecule has 0 radical (unpaired) electrons. The van der Waals surface area contributed by atoms with Crippen LogP contribution in [0.1, 0.15) is 52.9 Å². The molecule has 0 aromatic heterocycles. The van der Waals surface area contributed by atoms with Gasteiger partial charge in [-0.3, -0.25) is 0 Å². The number of nitrogens with one attached hydrogen (secondary N) is 1. The second kappa shape index (κ2) is 8.72. The average molecular weight is 269 g/mol. The summed E-state index contributed by atoms with van der Waals surface area (Å²) in [5.74, 6) is 0. The van der Waals surface area contributed by atoms with Crippen LogP contribution in [0, 0.1) is 0 Å². The Labute approximate surface area is 118 Å². The molecular weight excluding hydrogens is 238 g/mol. The maximum Gasteiger partial charge on any atom is 0.0878 e. The van der Waals surface area contributed by atoms with Gasteiger partial charge >= 0.3 is 0 Å². The molecule has 112 valence electrons. The highest BCUT2D eigenvalue weighted by Crippen LogP contribution is 2.31. The number of ether oxygens (including phenoxy) is 2. The molecule has 1 heterocycles. The zero-order valence-corrected chi connectivity index (χ0v) is 13.0. The average Bonchev–Trinajstić information content (AvgIpc) is 2.39. The summed E-state index contributed by atoms with van der Waals surface area (Å²) < 4.78 is 11.7. The predicted molar refractivity (Wildman–Crippen MR) is 80.5 cm³/mol. The Kier molecular flexibility index (Phi) is 7.66. The zero-order valence-electron chi connectivity index (χ0n) is 13.0. The van der Waals surface area contributed by atoms with Crippen LogP contribution in [-0.4, -0.2) is 38.0 Å². The summed E-state index contributed by atoms with van der Waals surface area (Å²) in [5.41, 5.74) is 1.21. The second-order valence-corrected chi connectivity index (χ2v) is 5.61. The summed E-state index contributed by atoms with van der Waals surface area (Å²) in [6.45, 7) is 13.9. The normalized spacial score (nSPS) is 20.2. The molecule has 0 spiro atoms. The molecule has 1 N–H and O–H groups in total. The molecule has 0 aromatic rings. The van der Waals surface area contributed by atoms with Crippen molar-refractivity contribution in [2.45, 2.75) is 64.5 Å². The maximum atomic E-state index is 6.19. The molecule has 1 rings (SSSR count). The monoisotopic (exact) mass is 269 g/mol. The van der Waals surface area contributed by atoms with Gasteiger partial charge in [0.15, 0.2) is 0 Å². The summed E-state index contributed by atoms with van der Waals surface area (Å²) >= 11 is 0. The van der Waals surface area contributed by atoms with E-state index in [0.717, 1.165) is 58.5 Å². The van der Waals surface area contributed by atoms with Gasteiger partial charge < -0.3 is 14.8 Å². The predicted octanol–water partition coefficient (Wildman–Crippen LogP) is 3.30. The summed E-state index contributed by atoms with van der Waals surface area (Å²) in [5, 5.41) is 3.70. The number of allylic oxidation sites excluding steroid dienone is 1. The van der Waals surface area contributed by atoms with E-state index in [1.165, 1.54) is 5.57 Å². The van der Waals surface area contributed by atoms with Gasteiger partial charge in [0.05, 0.1) is 5.60 Å². The molecule has 0 bridgehead atoms. The molecule has 0 saturated carbocycles. The minimum Gasteiger partial charge on any atom is -0.381 e. The highest BCUT2D eigenvalue weighted by molar-refractivity contribution is 4.98. The van der Waals surface area contributed by atoms with Gasteiger partial charge in [-0.2, -0.15) is 0 Å². The maximum absolute atomic E-state index is 6.19. The van der Waals surface area contributed by atoms with Crippen molar-refractivity contribution in [1.29, 1.82) is 0 Å². The zero-order chi connectivity index (χ0) is 14.1. The van der Waals surface area contributed by atoms with E-state index in [-0.39, 0.29) is 5.60 Å². The van der Waals surface area contributed by atoms with Crippen molar-refractivity contribution in [3.63, 3.8) is 0 Å². The Morgan fingerprint density at radius 2 is 2.05 bits per heavy atom. The van der Waals surface area contributed by atoms with Crippen LogP contribution in [0.25, 0.3) is 0 Å². The van der Waals surface area contributed by atoms with Gasteiger partial charge in [0, 0.05) is 38.7 Å². The number of hydrogen-bond acceptors (Lipinski definition) is 3. The van der Waals surface area contributed by atoms with Gasteiger partial charge in [-0.1, -0.05) is 12.5 Å². The van der Waals surface area contributed by atoms with Gasteiger partial charge in [-0.05, 0) is 39.7 Å².